The van der Waals surface area contributed by atoms with Gasteiger partial charge in [0, 0.05) is 6.04 Å². The van der Waals surface area contributed by atoms with Gasteiger partial charge in [-0.2, -0.15) is 0 Å². The molecule has 2 amide bonds. The first-order valence-electron chi connectivity index (χ1n) is 7.81. The standard InChI is InChI=1S/C17H23N3O3S/c1-10(11(2)18-16(22)23-17(3,4)5)14(21)20-15-19-12-8-6-7-9-13(12)24-15/h6-11H,1-5H3,(H,18,22)(H,19,20,21)/t10-,11-/m0/s1. The van der Waals surface area contributed by atoms with E-state index < -0.39 is 17.6 Å². The lowest BCUT2D eigenvalue weighted by Crippen LogP contribution is -2.44. The lowest BCUT2D eigenvalue weighted by Gasteiger charge is -2.24. The minimum absolute atomic E-state index is 0.197. The second-order valence-electron chi connectivity index (χ2n) is 6.70. The van der Waals surface area contributed by atoms with Crippen molar-refractivity contribution in [3.63, 3.8) is 0 Å². The maximum absolute atomic E-state index is 12.4. The first-order valence-corrected chi connectivity index (χ1v) is 8.63. The highest BCUT2D eigenvalue weighted by Crippen LogP contribution is 2.25. The van der Waals surface area contributed by atoms with Gasteiger partial charge in [-0.25, -0.2) is 9.78 Å². The number of hydrogen-bond donors (Lipinski definition) is 2. The van der Waals surface area contributed by atoms with Crippen molar-refractivity contribution >= 4 is 38.7 Å². The number of alkyl carbamates (subject to hydrolysis) is 1. The summed E-state index contributed by atoms with van der Waals surface area (Å²) in [5.41, 5.74) is 0.279. The molecule has 6 nitrogen and oxygen atoms in total. The summed E-state index contributed by atoms with van der Waals surface area (Å²) in [6.07, 6.45) is -0.533. The molecule has 0 aliphatic heterocycles. The molecule has 2 N–H and O–H groups in total. The van der Waals surface area contributed by atoms with Crippen molar-refractivity contribution in [2.75, 3.05) is 5.32 Å². The molecule has 0 saturated heterocycles. The fourth-order valence-electron chi connectivity index (χ4n) is 1.99. The number of amides is 2. The van der Waals surface area contributed by atoms with Gasteiger partial charge < -0.3 is 15.4 Å². The van der Waals surface area contributed by atoms with Crippen LogP contribution < -0.4 is 10.6 Å². The van der Waals surface area contributed by atoms with Crippen LogP contribution in [0.15, 0.2) is 24.3 Å². The average molecular weight is 349 g/mol. The molecule has 0 spiro atoms. The van der Waals surface area contributed by atoms with E-state index in [2.05, 4.69) is 15.6 Å². The number of anilines is 1. The molecule has 0 bridgehead atoms. The first-order chi connectivity index (χ1) is 11.2. The molecule has 1 aromatic heterocycles. The van der Waals surface area contributed by atoms with Gasteiger partial charge >= 0.3 is 6.09 Å². The highest BCUT2D eigenvalue weighted by atomic mass is 32.1. The predicted octanol–water partition coefficient (Wildman–Crippen LogP) is 3.78. The molecule has 1 aromatic carbocycles. The van der Waals surface area contributed by atoms with Crippen LogP contribution in [0.1, 0.15) is 34.6 Å². The summed E-state index contributed by atoms with van der Waals surface area (Å²) < 4.78 is 6.22. The largest absolute Gasteiger partial charge is 0.444 e. The number of thiazole rings is 1. The van der Waals surface area contributed by atoms with Crippen LogP contribution in [0.3, 0.4) is 0 Å². The first kappa shape index (κ1) is 18.2. The average Bonchev–Trinajstić information content (AvgIpc) is 2.86. The summed E-state index contributed by atoms with van der Waals surface area (Å²) in [6, 6.07) is 7.33. The van der Waals surface area contributed by atoms with Crippen LogP contribution in [-0.2, 0) is 9.53 Å². The third kappa shape index (κ3) is 4.92. The van der Waals surface area contributed by atoms with Gasteiger partial charge in [-0.15, -0.1) is 0 Å². The number of hydrogen-bond acceptors (Lipinski definition) is 5. The smallest absolute Gasteiger partial charge is 0.407 e. The van der Waals surface area contributed by atoms with Crippen molar-refractivity contribution in [3.8, 4) is 0 Å². The number of carbonyl (C=O) groups is 2. The van der Waals surface area contributed by atoms with Crippen molar-refractivity contribution in [2.24, 2.45) is 5.92 Å². The Morgan fingerprint density at radius 2 is 1.88 bits per heavy atom. The number of fused-ring (bicyclic) bond motifs is 1. The van der Waals surface area contributed by atoms with Gasteiger partial charge in [0.05, 0.1) is 16.1 Å². The third-order valence-corrected chi connectivity index (χ3v) is 4.38. The minimum Gasteiger partial charge on any atom is -0.444 e. The Morgan fingerprint density at radius 3 is 2.50 bits per heavy atom. The summed E-state index contributed by atoms with van der Waals surface area (Å²) in [5.74, 6) is -0.623. The van der Waals surface area contributed by atoms with Crippen molar-refractivity contribution in [1.29, 1.82) is 0 Å². The van der Waals surface area contributed by atoms with E-state index in [0.29, 0.717) is 5.13 Å². The van der Waals surface area contributed by atoms with Crippen molar-refractivity contribution in [1.82, 2.24) is 10.3 Å². The highest BCUT2D eigenvalue weighted by molar-refractivity contribution is 7.22. The second-order valence-corrected chi connectivity index (χ2v) is 7.73. The second kappa shape index (κ2) is 7.17. The van der Waals surface area contributed by atoms with E-state index >= 15 is 0 Å². The quantitative estimate of drug-likeness (QED) is 0.880. The zero-order valence-corrected chi connectivity index (χ0v) is 15.4. The van der Waals surface area contributed by atoms with E-state index in [4.69, 9.17) is 4.74 Å². The van der Waals surface area contributed by atoms with Crippen molar-refractivity contribution in [3.05, 3.63) is 24.3 Å². The van der Waals surface area contributed by atoms with Gasteiger partial charge in [0.25, 0.3) is 0 Å². The molecular formula is C17H23N3O3S. The van der Waals surface area contributed by atoms with Gasteiger partial charge in [-0.3, -0.25) is 4.79 Å². The van der Waals surface area contributed by atoms with E-state index in [9.17, 15) is 9.59 Å². The van der Waals surface area contributed by atoms with Crippen LogP contribution in [0.2, 0.25) is 0 Å². The molecule has 1 heterocycles. The van der Waals surface area contributed by atoms with Gasteiger partial charge in [-0.1, -0.05) is 30.4 Å². The molecule has 0 aliphatic carbocycles. The molecule has 0 aliphatic rings. The Kier molecular flexibility index (Phi) is 5.43. The van der Waals surface area contributed by atoms with Crippen LogP contribution in [0.25, 0.3) is 10.2 Å². The fourth-order valence-corrected chi connectivity index (χ4v) is 2.86. The molecule has 2 aromatic rings. The molecule has 24 heavy (non-hydrogen) atoms. The van der Waals surface area contributed by atoms with Gasteiger partial charge in [-0.05, 0) is 39.8 Å². The van der Waals surface area contributed by atoms with E-state index in [1.165, 1.54) is 11.3 Å². The predicted molar refractivity (Wildman–Crippen MR) is 96.2 cm³/mol. The highest BCUT2D eigenvalue weighted by Gasteiger charge is 2.25. The van der Waals surface area contributed by atoms with E-state index in [1.54, 1.807) is 34.6 Å². The molecular weight excluding hydrogens is 326 g/mol. The summed E-state index contributed by atoms with van der Waals surface area (Å²) in [6.45, 7) is 8.90. The van der Waals surface area contributed by atoms with E-state index in [1.807, 2.05) is 24.3 Å². The number of nitrogens with zero attached hydrogens (tertiary/aromatic N) is 1. The van der Waals surface area contributed by atoms with Gasteiger partial charge in [0.2, 0.25) is 5.91 Å². The fraction of sp³-hybridized carbons (Fsp3) is 0.471. The molecule has 7 heteroatoms. The maximum atomic E-state index is 12.4. The Bertz CT molecular complexity index is 703. The summed E-state index contributed by atoms with van der Waals surface area (Å²) in [7, 11) is 0. The number of benzene rings is 1. The summed E-state index contributed by atoms with van der Waals surface area (Å²) in [5, 5.41) is 6.05. The molecule has 0 radical (unpaired) electrons. The topological polar surface area (TPSA) is 80.3 Å². The summed E-state index contributed by atoms with van der Waals surface area (Å²) in [4.78, 5) is 28.5. The Balaban J connectivity index is 1.94. The van der Waals surface area contributed by atoms with Crippen LogP contribution in [0.5, 0.6) is 0 Å². The molecule has 0 saturated carbocycles. The number of nitrogens with one attached hydrogen (secondary N) is 2. The normalized spacial score (nSPS) is 14.0. The number of carbonyl (C=O) groups excluding carboxylic acids is 2. The molecule has 0 fully saturated rings. The van der Waals surface area contributed by atoms with Crippen LogP contribution in [0, 0.1) is 5.92 Å². The van der Waals surface area contributed by atoms with Crippen molar-refractivity contribution in [2.45, 2.75) is 46.3 Å². The number of rotatable bonds is 4. The van der Waals surface area contributed by atoms with Crippen molar-refractivity contribution < 1.29 is 14.3 Å². The molecule has 130 valence electrons. The maximum Gasteiger partial charge on any atom is 0.407 e. The molecule has 2 atom stereocenters. The van der Waals surface area contributed by atoms with Gasteiger partial charge in [0.15, 0.2) is 5.13 Å². The minimum atomic E-state index is -0.573. The Labute approximate surface area is 145 Å². The molecule has 2 rings (SSSR count). The zero-order chi connectivity index (χ0) is 17.9. The number of aromatic nitrogens is 1. The lowest BCUT2D eigenvalue weighted by atomic mass is 10.0. The van der Waals surface area contributed by atoms with Crippen LogP contribution in [0.4, 0.5) is 9.93 Å². The number of ether oxygens (including phenoxy) is 1. The Morgan fingerprint density at radius 1 is 1.21 bits per heavy atom. The lowest BCUT2D eigenvalue weighted by molar-refractivity contribution is -0.120. The molecule has 0 unspecified atom stereocenters. The Hall–Kier alpha value is -2.15. The monoisotopic (exact) mass is 349 g/mol. The zero-order valence-electron chi connectivity index (χ0n) is 14.5. The van der Waals surface area contributed by atoms with E-state index in [-0.39, 0.29) is 11.9 Å². The van der Waals surface area contributed by atoms with Crippen LogP contribution in [-0.4, -0.2) is 28.6 Å². The SMILES string of the molecule is C[C@H](NC(=O)OC(C)(C)C)[C@H](C)C(=O)Nc1nc2ccccc2s1. The van der Waals surface area contributed by atoms with Crippen LogP contribution >= 0.6 is 11.3 Å². The number of para-hydroxylation sites is 1. The summed E-state index contributed by atoms with van der Waals surface area (Å²) >= 11 is 1.42. The third-order valence-electron chi connectivity index (χ3n) is 3.43. The van der Waals surface area contributed by atoms with Gasteiger partial charge in [0.1, 0.15) is 5.60 Å². The van der Waals surface area contributed by atoms with E-state index in [0.717, 1.165) is 10.2 Å².